The Morgan fingerprint density at radius 1 is 1.09 bits per heavy atom. The maximum atomic E-state index is 10.6. The van der Waals surface area contributed by atoms with E-state index in [9.17, 15) is 5.11 Å². The van der Waals surface area contributed by atoms with Gasteiger partial charge >= 0.3 is 7.12 Å². The molecule has 0 aromatic rings. The normalized spacial score (nSPS) is 30.3. The summed E-state index contributed by atoms with van der Waals surface area (Å²) in [7, 11) is -0.337. The van der Waals surface area contributed by atoms with Gasteiger partial charge in [-0.05, 0) is 61.3 Å². The van der Waals surface area contributed by atoms with E-state index in [1.807, 2.05) is 25.7 Å². The van der Waals surface area contributed by atoms with Crippen molar-refractivity contribution in [2.45, 2.75) is 103 Å². The van der Waals surface area contributed by atoms with Gasteiger partial charge in [-0.1, -0.05) is 12.8 Å². The van der Waals surface area contributed by atoms with E-state index in [1.165, 1.54) is 0 Å². The molecule has 0 saturated carbocycles. The zero-order valence-electron chi connectivity index (χ0n) is 15.9. The summed E-state index contributed by atoms with van der Waals surface area (Å²) in [5, 5.41) is 10.6. The molecule has 0 bridgehead atoms. The van der Waals surface area contributed by atoms with Gasteiger partial charge in [0.05, 0.1) is 16.8 Å². The van der Waals surface area contributed by atoms with Gasteiger partial charge < -0.3 is 19.2 Å². The van der Waals surface area contributed by atoms with Gasteiger partial charge in [0, 0.05) is 12.5 Å². The lowest BCUT2D eigenvalue weighted by Crippen LogP contribution is -2.54. The molecule has 23 heavy (non-hydrogen) atoms. The predicted octanol–water partition coefficient (Wildman–Crippen LogP) is 2.95. The Labute approximate surface area is 141 Å². The molecule has 0 aromatic carbocycles. The lowest BCUT2D eigenvalue weighted by atomic mass is 9.75. The lowest BCUT2D eigenvalue weighted by molar-refractivity contribution is -0.243. The van der Waals surface area contributed by atoms with Crippen LogP contribution in [0.3, 0.4) is 0 Å². The van der Waals surface area contributed by atoms with Gasteiger partial charge in [-0.25, -0.2) is 0 Å². The Kier molecular flexibility index (Phi) is 5.54. The number of ether oxygens (including phenoxy) is 1. The zero-order valence-corrected chi connectivity index (χ0v) is 15.9. The van der Waals surface area contributed by atoms with Crippen LogP contribution in [-0.4, -0.2) is 52.8 Å². The molecule has 6 heteroatoms. The van der Waals surface area contributed by atoms with E-state index in [0.717, 1.165) is 32.2 Å². The molecule has 2 unspecified atom stereocenters. The van der Waals surface area contributed by atoms with Crippen molar-refractivity contribution < 1.29 is 19.2 Å². The maximum Gasteiger partial charge on any atom is 0.476 e. The van der Waals surface area contributed by atoms with Crippen molar-refractivity contribution in [3.8, 4) is 0 Å². The molecule has 2 fully saturated rings. The van der Waals surface area contributed by atoms with Gasteiger partial charge in [0.2, 0.25) is 6.41 Å². The highest BCUT2D eigenvalue weighted by Gasteiger charge is 2.55. The third-order valence-electron chi connectivity index (χ3n) is 5.17. The molecule has 2 atom stereocenters. The summed E-state index contributed by atoms with van der Waals surface area (Å²) in [6.07, 6.45) is 3.35. The number of rotatable bonds is 3. The van der Waals surface area contributed by atoms with Crippen molar-refractivity contribution in [3.05, 3.63) is 0 Å². The molecule has 0 aromatic heterocycles. The molecule has 2 aliphatic rings. The SMILES string of the molecule is CC(C)(C)OC(O)N1CCCCCC1B1OC(C)(C)C(C)(C)O1. The van der Waals surface area contributed by atoms with Crippen LogP contribution in [0, 0.1) is 0 Å². The molecule has 2 rings (SSSR count). The fraction of sp³-hybridized carbons (Fsp3) is 1.00. The molecule has 1 N–H and O–H groups in total. The fourth-order valence-corrected chi connectivity index (χ4v) is 3.15. The van der Waals surface area contributed by atoms with Gasteiger partial charge in [0.15, 0.2) is 0 Å². The average Bonchev–Trinajstić information content (AvgIpc) is 2.55. The molecule has 2 saturated heterocycles. The highest BCUT2D eigenvalue weighted by Crippen LogP contribution is 2.39. The molecule has 0 radical (unpaired) electrons. The standard InChI is InChI=1S/C17H34BNO4/c1-15(2,3)21-14(20)19-12-10-8-9-11-13(19)18-22-16(4,5)17(6,7)23-18/h13-14,20H,8-12H2,1-7H3. The lowest BCUT2D eigenvalue weighted by Gasteiger charge is -2.37. The first kappa shape index (κ1) is 19.2. The maximum absolute atomic E-state index is 10.6. The van der Waals surface area contributed by atoms with Crippen LogP contribution in [-0.2, 0) is 14.0 Å². The van der Waals surface area contributed by atoms with Gasteiger partial charge in [0.25, 0.3) is 0 Å². The van der Waals surface area contributed by atoms with Crippen molar-refractivity contribution >= 4 is 7.12 Å². The first-order chi connectivity index (χ1) is 10.4. The van der Waals surface area contributed by atoms with E-state index < -0.39 is 12.0 Å². The zero-order chi connectivity index (χ0) is 17.5. The van der Waals surface area contributed by atoms with Gasteiger partial charge in [0.1, 0.15) is 0 Å². The molecular weight excluding hydrogens is 293 g/mol. The molecule has 2 aliphatic heterocycles. The first-order valence-corrected chi connectivity index (χ1v) is 8.90. The summed E-state index contributed by atoms with van der Waals surface area (Å²) in [6.45, 7) is 14.9. The quantitative estimate of drug-likeness (QED) is 0.638. The Morgan fingerprint density at radius 3 is 2.17 bits per heavy atom. The topological polar surface area (TPSA) is 51.2 Å². The van der Waals surface area contributed by atoms with Gasteiger partial charge in [-0.3, -0.25) is 4.90 Å². The smallest absolute Gasteiger partial charge is 0.402 e. The molecule has 134 valence electrons. The molecular formula is C17H34BNO4. The summed E-state index contributed by atoms with van der Waals surface area (Å²) in [5.74, 6) is 0.0101. The van der Waals surface area contributed by atoms with E-state index in [4.69, 9.17) is 14.0 Å². The minimum absolute atomic E-state index is 0.0101. The van der Waals surface area contributed by atoms with E-state index in [1.54, 1.807) is 0 Å². The van der Waals surface area contributed by atoms with Crippen molar-refractivity contribution in [2.24, 2.45) is 0 Å². The summed E-state index contributed by atoms with van der Waals surface area (Å²) in [6, 6.07) is 0. The largest absolute Gasteiger partial charge is 0.476 e. The number of aliphatic hydroxyl groups excluding tert-OH is 1. The number of hydrogen-bond donors (Lipinski definition) is 1. The number of nitrogens with zero attached hydrogens (tertiary/aromatic N) is 1. The Balaban J connectivity index is 2.16. The summed E-state index contributed by atoms with van der Waals surface area (Å²) >= 11 is 0. The minimum atomic E-state index is -0.933. The second-order valence-electron chi connectivity index (χ2n) is 8.84. The van der Waals surface area contributed by atoms with E-state index in [0.29, 0.717) is 0 Å². The van der Waals surface area contributed by atoms with Crippen molar-refractivity contribution in [1.29, 1.82) is 0 Å². The van der Waals surface area contributed by atoms with Gasteiger partial charge in [-0.2, -0.15) is 0 Å². The molecule has 0 aliphatic carbocycles. The van der Waals surface area contributed by atoms with Crippen LogP contribution < -0.4 is 0 Å². The highest BCUT2D eigenvalue weighted by atomic mass is 16.7. The fourth-order valence-electron chi connectivity index (χ4n) is 3.15. The third kappa shape index (κ3) is 4.48. The van der Waals surface area contributed by atoms with Crippen LogP contribution in [0.2, 0.25) is 0 Å². The number of hydrogen-bond acceptors (Lipinski definition) is 5. The van der Waals surface area contributed by atoms with Crippen LogP contribution in [0.4, 0.5) is 0 Å². The monoisotopic (exact) mass is 327 g/mol. The second kappa shape index (κ2) is 6.64. The number of aliphatic hydroxyl groups is 1. The van der Waals surface area contributed by atoms with E-state index in [-0.39, 0.29) is 24.3 Å². The first-order valence-electron chi connectivity index (χ1n) is 8.90. The van der Waals surface area contributed by atoms with Crippen molar-refractivity contribution in [1.82, 2.24) is 4.90 Å². The molecule has 0 amide bonds. The molecule has 0 spiro atoms. The summed E-state index contributed by atoms with van der Waals surface area (Å²) < 4.78 is 18.3. The van der Waals surface area contributed by atoms with Crippen molar-refractivity contribution in [2.75, 3.05) is 6.54 Å². The van der Waals surface area contributed by atoms with Crippen LogP contribution in [0.1, 0.15) is 74.1 Å². The third-order valence-corrected chi connectivity index (χ3v) is 5.17. The van der Waals surface area contributed by atoms with E-state index in [2.05, 4.69) is 27.7 Å². The van der Waals surface area contributed by atoms with E-state index >= 15 is 0 Å². The molecule has 2 heterocycles. The predicted molar refractivity (Wildman–Crippen MR) is 91.9 cm³/mol. The highest BCUT2D eigenvalue weighted by molar-refractivity contribution is 6.47. The minimum Gasteiger partial charge on any atom is -0.402 e. The average molecular weight is 327 g/mol. The van der Waals surface area contributed by atoms with Crippen LogP contribution >= 0.6 is 0 Å². The van der Waals surface area contributed by atoms with Crippen LogP contribution in [0.15, 0.2) is 0 Å². The Hall–Kier alpha value is -0.135. The van der Waals surface area contributed by atoms with Crippen LogP contribution in [0.5, 0.6) is 0 Å². The van der Waals surface area contributed by atoms with Crippen LogP contribution in [0.25, 0.3) is 0 Å². The summed E-state index contributed by atoms with van der Waals surface area (Å²) in [4.78, 5) is 2.01. The molecule has 5 nitrogen and oxygen atoms in total. The summed E-state index contributed by atoms with van der Waals surface area (Å²) in [5.41, 5.74) is -1.11. The number of likely N-dealkylation sites (tertiary alicyclic amines) is 1. The van der Waals surface area contributed by atoms with Gasteiger partial charge in [-0.15, -0.1) is 0 Å². The van der Waals surface area contributed by atoms with Crippen molar-refractivity contribution in [3.63, 3.8) is 0 Å². The Morgan fingerprint density at radius 2 is 1.65 bits per heavy atom. The second-order valence-corrected chi connectivity index (χ2v) is 8.84. The Bertz CT molecular complexity index is 392.